The molecule has 0 saturated carbocycles. The second-order valence-corrected chi connectivity index (χ2v) is 5.81. The molecule has 2 nitrogen and oxygen atoms in total. The van der Waals surface area contributed by atoms with Gasteiger partial charge in [-0.1, -0.05) is 30.3 Å². The quantitative estimate of drug-likeness (QED) is 0.352. The van der Waals surface area contributed by atoms with E-state index in [0.717, 1.165) is 30.7 Å². The minimum atomic E-state index is -0.973. The van der Waals surface area contributed by atoms with Gasteiger partial charge in [-0.3, -0.25) is 4.79 Å². The van der Waals surface area contributed by atoms with E-state index in [4.69, 9.17) is 11.6 Å². The average molecular weight is 350 g/mol. The lowest BCUT2D eigenvalue weighted by molar-refractivity contribution is 0.0984. The number of unbranched alkanes of at least 4 members (excludes halogenated alkanes) is 1. The molecule has 0 N–H and O–H groups in total. The van der Waals surface area contributed by atoms with Crippen LogP contribution in [0.3, 0.4) is 0 Å². The topological polar surface area (TPSA) is 22.0 Å². The van der Waals surface area contributed by atoms with Crippen LogP contribution >= 0.6 is 11.6 Å². The van der Waals surface area contributed by atoms with Crippen molar-refractivity contribution in [3.05, 3.63) is 77.1 Å². The van der Waals surface area contributed by atoms with Gasteiger partial charge in [0.15, 0.2) is 17.4 Å². The largest absolute Gasteiger partial charge is 0.337 e. The number of rotatable bonds is 8. The molecule has 2 aromatic rings. The normalized spacial score (nSPS) is 10.6. The average Bonchev–Trinajstić information content (AvgIpc) is 2.87. The predicted octanol–water partition coefficient (Wildman–Crippen LogP) is 5.45. The van der Waals surface area contributed by atoms with E-state index in [2.05, 4.69) is 13.2 Å². The number of hydrogen-bond acceptors (Lipinski definition) is 1. The first-order valence-electron chi connectivity index (χ1n) is 7.57. The Kier molecular flexibility index (Phi) is 6.10. The molecule has 0 fully saturated rings. The van der Waals surface area contributed by atoms with Gasteiger partial charge in [0.25, 0.3) is 0 Å². The number of carbonyl (C=O) groups is 1. The Morgan fingerprint density at radius 1 is 1.21 bits per heavy atom. The SMILES string of the molecule is C=CCCCn1c(C=C)cc(Cl)c1C(=O)Cc1ccc(F)c(F)c1. The van der Waals surface area contributed by atoms with Gasteiger partial charge in [0.05, 0.1) is 5.02 Å². The first-order valence-corrected chi connectivity index (χ1v) is 7.95. The second-order valence-electron chi connectivity index (χ2n) is 5.40. The molecule has 2 rings (SSSR count). The molecule has 0 amide bonds. The lowest BCUT2D eigenvalue weighted by atomic mass is 10.1. The fourth-order valence-corrected chi connectivity index (χ4v) is 2.86. The van der Waals surface area contributed by atoms with Gasteiger partial charge in [-0.2, -0.15) is 0 Å². The van der Waals surface area contributed by atoms with Crippen LogP contribution in [0.1, 0.15) is 34.6 Å². The van der Waals surface area contributed by atoms with E-state index < -0.39 is 11.6 Å². The highest BCUT2D eigenvalue weighted by atomic mass is 35.5. The third kappa shape index (κ3) is 4.01. The Balaban J connectivity index is 2.30. The molecule has 0 bridgehead atoms. The molecule has 0 aliphatic rings. The Morgan fingerprint density at radius 3 is 2.58 bits per heavy atom. The van der Waals surface area contributed by atoms with Crippen molar-refractivity contribution in [3.63, 3.8) is 0 Å². The summed E-state index contributed by atoms with van der Waals surface area (Å²) >= 11 is 6.22. The fourth-order valence-electron chi connectivity index (χ4n) is 2.54. The van der Waals surface area contributed by atoms with Crippen LogP contribution in [-0.4, -0.2) is 10.4 Å². The lowest BCUT2D eigenvalue weighted by Gasteiger charge is -2.11. The number of hydrogen-bond donors (Lipinski definition) is 0. The van der Waals surface area contributed by atoms with Crippen molar-refractivity contribution in [3.8, 4) is 0 Å². The van der Waals surface area contributed by atoms with Crippen molar-refractivity contribution in [1.82, 2.24) is 4.57 Å². The van der Waals surface area contributed by atoms with Crippen molar-refractivity contribution in [2.45, 2.75) is 25.8 Å². The van der Waals surface area contributed by atoms with Gasteiger partial charge >= 0.3 is 0 Å². The fraction of sp³-hybridized carbons (Fsp3) is 0.211. The van der Waals surface area contributed by atoms with Gasteiger partial charge < -0.3 is 4.57 Å². The van der Waals surface area contributed by atoms with Crippen LogP contribution in [0.15, 0.2) is 43.5 Å². The zero-order valence-electron chi connectivity index (χ0n) is 13.2. The number of nitrogens with zero attached hydrogens (tertiary/aromatic N) is 1. The van der Waals surface area contributed by atoms with E-state index in [9.17, 15) is 13.6 Å². The van der Waals surface area contributed by atoms with Gasteiger partial charge in [0.1, 0.15) is 5.69 Å². The number of allylic oxidation sites excluding steroid dienone is 1. The van der Waals surface area contributed by atoms with E-state index in [-0.39, 0.29) is 12.2 Å². The number of Topliss-reactive ketones (excluding diaryl/α,β-unsaturated/α-hetero) is 1. The molecule has 0 atom stereocenters. The summed E-state index contributed by atoms with van der Waals surface area (Å²) in [6.07, 6.45) is 5.00. The third-order valence-electron chi connectivity index (χ3n) is 3.69. The van der Waals surface area contributed by atoms with Gasteiger partial charge in [0, 0.05) is 18.7 Å². The number of halogens is 3. The van der Waals surface area contributed by atoms with Crippen LogP contribution in [0.25, 0.3) is 6.08 Å². The van der Waals surface area contributed by atoms with Crippen molar-refractivity contribution < 1.29 is 13.6 Å². The molecule has 5 heteroatoms. The molecule has 1 aromatic heterocycles. The first kappa shape index (κ1) is 18.1. The highest BCUT2D eigenvalue weighted by molar-refractivity contribution is 6.34. The molecule has 24 heavy (non-hydrogen) atoms. The monoisotopic (exact) mass is 349 g/mol. The summed E-state index contributed by atoms with van der Waals surface area (Å²) in [4.78, 5) is 12.6. The molecule has 0 aliphatic heterocycles. The summed E-state index contributed by atoms with van der Waals surface area (Å²) in [5.74, 6) is -2.16. The standard InChI is InChI=1S/C19H18ClF2NO/c1-3-5-6-9-23-14(4-2)12-15(20)19(23)18(24)11-13-7-8-16(21)17(22)10-13/h3-4,7-8,10,12H,1-2,5-6,9,11H2. The van der Waals surface area contributed by atoms with Gasteiger partial charge in [-0.25, -0.2) is 8.78 Å². The third-order valence-corrected chi connectivity index (χ3v) is 3.98. The minimum absolute atomic E-state index is 0.0566. The maximum absolute atomic E-state index is 13.3. The summed E-state index contributed by atoms with van der Waals surface area (Å²) in [5.41, 5.74) is 1.51. The van der Waals surface area contributed by atoms with Gasteiger partial charge in [-0.15, -0.1) is 6.58 Å². The molecule has 1 heterocycles. The van der Waals surface area contributed by atoms with Crippen LogP contribution in [-0.2, 0) is 13.0 Å². The summed E-state index contributed by atoms with van der Waals surface area (Å²) in [5, 5.41) is 0.330. The summed E-state index contributed by atoms with van der Waals surface area (Å²) in [6.45, 7) is 8.01. The van der Waals surface area contributed by atoms with Crippen molar-refractivity contribution in [1.29, 1.82) is 0 Å². The maximum Gasteiger partial charge on any atom is 0.185 e. The van der Waals surface area contributed by atoms with Crippen LogP contribution in [0.5, 0.6) is 0 Å². The predicted molar refractivity (Wildman–Crippen MR) is 93.4 cm³/mol. The molecule has 0 spiro atoms. The summed E-state index contributed by atoms with van der Waals surface area (Å²) in [7, 11) is 0. The van der Waals surface area contributed by atoms with E-state index >= 15 is 0 Å². The van der Waals surface area contributed by atoms with Crippen LogP contribution < -0.4 is 0 Å². The Hall–Kier alpha value is -2.20. The molecule has 0 aliphatic carbocycles. The lowest BCUT2D eigenvalue weighted by Crippen LogP contribution is -2.13. The Labute approximate surface area is 145 Å². The molecule has 126 valence electrons. The van der Waals surface area contributed by atoms with Crippen LogP contribution in [0.2, 0.25) is 5.02 Å². The van der Waals surface area contributed by atoms with E-state index in [0.29, 0.717) is 22.8 Å². The molecule has 0 radical (unpaired) electrons. The van der Waals surface area contributed by atoms with Gasteiger partial charge in [0.2, 0.25) is 0 Å². The zero-order chi connectivity index (χ0) is 17.7. The molecule has 0 unspecified atom stereocenters. The molecule has 1 aromatic carbocycles. The van der Waals surface area contributed by atoms with Crippen LogP contribution in [0.4, 0.5) is 8.78 Å². The Bertz CT molecular complexity index is 780. The van der Waals surface area contributed by atoms with E-state index in [1.54, 1.807) is 16.7 Å². The number of benzene rings is 1. The molecular weight excluding hydrogens is 332 g/mol. The van der Waals surface area contributed by atoms with Crippen molar-refractivity contribution in [2.75, 3.05) is 0 Å². The van der Waals surface area contributed by atoms with E-state index in [1.165, 1.54) is 6.07 Å². The Morgan fingerprint density at radius 2 is 1.96 bits per heavy atom. The smallest absolute Gasteiger partial charge is 0.185 e. The highest BCUT2D eigenvalue weighted by Crippen LogP contribution is 2.25. The first-order chi connectivity index (χ1) is 11.5. The minimum Gasteiger partial charge on any atom is -0.337 e. The maximum atomic E-state index is 13.3. The molecule has 0 saturated heterocycles. The van der Waals surface area contributed by atoms with Crippen molar-refractivity contribution in [2.24, 2.45) is 0 Å². The van der Waals surface area contributed by atoms with Gasteiger partial charge in [-0.05, 0) is 42.7 Å². The van der Waals surface area contributed by atoms with Crippen molar-refractivity contribution >= 4 is 23.5 Å². The summed E-state index contributed by atoms with van der Waals surface area (Å²) in [6, 6.07) is 5.11. The zero-order valence-corrected chi connectivity index (χ0v) is 14.0. The summed E-state index contributed by atoms with van der Waals surface area (Å²) < 4.78 is 28.1. The number of carbonyl (C=O) groups excluding carboxylic acids is 1. The highest BCUT2D eigenvalue weighted by Gasteiger charge is 2.19. The second kappa shape index (κ2) is 8.06. The van der Waals surface area contributed by atoms with E-state index in [1.807, 2.05) is 6.08 Å². The molecular formula is C19H18ClF2NO. The van der Waals surface area contributed by atoms with Crippen LogP contribution in [0, 0.1) is 11.6 Å². The number of aromatic nitrogens is 1. The number of ketones is 1.